The molecule has 0 radical (unpaired) electrons. The number of nitrogens with one attached hydrogen (secondary N) is 1. The Hall–Kier alpha value is -4.97. The minimum absolute atomic E-state index is 0.131. The summed E-state index contributed by atoms with van der Waals surface area (Å²) in [5.41, 5.74) is 10.9. The van der Waals surface area contributed by atoms with Gasteiger partial charge in [-0.1, -0.05) is 67.6 Å². The first-order valence-corrected chi connectivity index (χ1v) is 14.2. The van der Waals surface area contributed by atoms with Gasteiger partial charge in [0.15, 0.2) is 17.5 Å². The van der Waals surface area contributed by atoms with Gasteiger partial charge in [0.05, 0.1) is 28.8 Å². The van der Waals surface area contributed by atoms with Crippen molar-refractivity contribution in [3.63, 3.8) is 0 Å². The minimum Gasteiger partial charge on any atom is -0.337 e. The van der Waals surface area contributed by atoms with Crippen molar-refractivity contribution in [3.8, 4) is 5.69 Å². The lowest BCUT2D eigenvalue weighted by atomic mass is 9.92. The van der Waals surface area contributed by atoms with Gasteiger partial charge in [-0.25, -0.2) is 14.7 Å². The summed E-state index contributed by atoms with van der Waals surface area (Å²) in [5.74, 6) is 2.32. The molecule has 6 heteroatoms. The maximum atomic E-state index is 5.35. The number of hydrogen-bond donors (Lipinski definition) is 1. The van der Waals surface area contributed by atoms with E-state index in [9.17, 15) is 0 Å². The molecular weight excluding hydrogens is 504 g/mol. The molecule has 3 heterocycles. The zero-order valence-electron chi connectivity index (χ0n) is 23.8. The van der Waals surface area contributed by atoms with Gasteiger partial charge >= 0.3 is 0 Å². The third-order valence-corrected chi connectivity index (χ3v) is 7.83. The fraction of sp³-hybridized carbons (Fsp3) is 0.171. The van der Waals surface area contributed by atoms with E-state index in [1.54, 1.807) is 0 Å². The number of aliphatic imine (C=N–C) groups is 2. The quantitative estimate of drug-likeness (QED) is 0.252. The fourth-order valence-electron chi connectivity index (χ4n) is 5.98. The first-order chi connectivity index (χ1) is 20.0. The number of rotatable bonds is 4. The molecule has 0 saturated heterocycles. The molecule has 5 aromatic rings. The van der Waals surface area contributed by atoms with Gasteiger partial charge in [-0.05, 0) is 85.8 Å². The third kappa shape index (κ3) is 4.32. The highest BCUT2D eigenvalue weighted by molar-refractivity contribution is 6.51. The lowest BCUT2D eigenvalue weighted by Gasteiger charge is -2.40. The average molecular weight is 537 g/mol. The smallest absolute Gasteiger partial charge is 0.179 e. The van der Waals surface area contributed by atoms with E-state index in [-0.39, 0.29) is 6.04 Å². The Balaban J connectivity index is 1.49. The van der Waals surface area contributed by atoms with E-state index in [0.717, 1.165) is 52.1 Å². The number of aryl methyl sites for hydroxylation is 4. The number of fused-ring (bicyclic) bond motifs is 4. The van der Waals surface area contributed by atoms with Crippen molar-refractivity contribution in [2.75, 3.05) is 10.2 Å². The normalized spacial score (nSPS) is 15.4. The van der Waals surface area contributed by atoms with Gasteiger partial charge in [0.2, 0.25) is 0 Å². The van der Waals surface area contributed by atoms with Crippen LogP contribution >= 0.6 is 0 Å². The molecule has 0 aliphatic carbocycles. The Bertz CT molecular complexity index is 1810. The lowest BCUT2D eigenvalue weighted by Crippen LogP contribution is -2.46. The Morgan fingerprint density at radius 2 is 1.49 bits per heavy atom. The fourth-order valence-corrected chi connectivity index (χ4v) is 5.98. The van der Waals surface area contributed by atoms with E-state index >= 15 is 0 Å². The molecule has 0 amide bonds. The highest BCUT2D eigenvalue weighted by Crippen LogP contribution is 2.48. The minimum atomic E-state index is -0.131. The predicted molar refractivity (Wildman–Crippen MR) is 169 cm³/mol. The molecular formula is C35H32N6. The SMILES string of the molecule is CCc1ccc([C@H]2c3c(C)nn(-c4ccccc4)c3N=C3C(Nc4cc(C)cc(C)c4)=Nc4ccccc4N32)cc1. The van der Waals surface area contributed by atoms with Gasteiger partial charge < -0.3 is 10.2 Å². The van der Waals surface area contributed by atoms with Crippen molar-refractivity contribution in [2.45, 2.75) is 40.2 Å². The molecule has 202 valence electrons. The van der Waals surface area contributed by atoms with Crippen molar-refractivity contribution in [1.29, 1.82) is 0 Å². The molecule has 2 aliphatic rings. The molecule has 0 saturated carbocycles. The van der Waals surface area contributed by atoms with Crippen LogP contribution in [0.1, 0.15) is 46.5 Å². The van der Waals surface area contributed by atoms with Crippen LogP contribution in [0.25, 0.3) is 5.69 Å². The van der Waals surface area contributed by atoms with E-state index < -0.39 is 0 Å². The summed E-state index contributed by atoms with van der Waals surface area (Å²) in [6, 6.07) is 33.9. The average Bonchev–Trinajstić information content (AvgIpc) is 3.32. The molecule has 0 spiro atoms. The Labute approximate surface area is 240 Å². The van der Waals surface area contributed by atoms with Gasteiger partial charge in [0, 0.05) is 11.3 Å². The molecule has 41 heavy (non-hydrogen) atoms. The molecule has 0 bridgehead atoms. The van der Waals surface area contributed by atoms with Crippen LogP contribution in [0.5, 0.6) is 0 Å². The van der Waals surface area contributed by atoms with Crippen LogP contribution < -0.4 is 10.2 Å². The van der Waals surface area contributed by atoms with Crippen LogP contribution in [0.2, 0.25) is 0 Å². The van der Waals surface area contributed by atoms with E-state index in [1.807, 2.05) is 28.9 Å². The molecule has 2 aliphatic heterocycles. The van der Waals surface area contributed by atoms with Gasteiger partial charge in [0.1, 0.15) is 0 Å². The summed E-state index contributed by atoms with van der Waals surface area (Å²) in [6.07, 6.45) is 0.997. The number of benzene rings is 4. The summed E-state index contributed by atoms with van der Waals surface area (Å²) in [4.78, 5) is 12.8. The number of para-hydroxylation sites is 3. The number of amidine groups is 2. The largest absolute Gasteiger partial charge is 0.337 e. The molecule has 0 unspecified atom stereocenters. The van der Waals surface area contributed by atoms with Crippen LogP contribution in [0.4, 0.5) is 22.9 Å². The second kappa shape index (κ2) is 9.89. The molecule has 1 aromatic heterocycles. The molecule has 4 aromatic carbocycles. The number of nitrogens with zero attached hydrogens (tertiary/aromatic N) is 5. The Kier molecular flexibility index (Phi) is 6.04. The highest BCUT2D eigenvalue weighted by Gasteiger charge is 2.41. The van der Waals surface area contributed by atoms with Crippen molar-refractivity contribution in [3.05, 3.63) is 131 Å². The van der Waals surface area contributed by atoms with Crippen LogP contribution in [0.3, 0.4) is 0 Å². The van der Waals surface area contributed by atoms with Crippen LogP contribution in [0, 0.1) is 20.8 Å². The second-order valence-electron chi connectivity index (χ2n) is 10.8. The molecule has 1 atom stereocenters. The molecule has 0 fully saturated rings. The number of hydrogen-bond acceptors (Lipinski definition) is 5. The van der Waals surface area contributed by atoms with Crippen molar-refractivity contribution in [1.82, 2.24) is 9.78 Å². The third-order valence-electron chi connectivity index (χ3n) is 7.83. The van der Waals surface area contributed by atoms with Gasteiger partial charge in [-0.3, -0.25) is 0 Å². The molecule has 7 rings (SSSR count). The van der Waals surface area contributed by atoms with Gasteiger partial charge in [-0.2, -0.15) is 5.10 Å². The maximum absolute atomic E-state index is 5.35. The summed E-state index contributed by atoms with van der Waals surface area (Å²) >= 11 is 0. The number of aromatic nitrogens is 2. The second-order valence-corrected chi connectivity index (χ2v) is 10.8. The summed E-state index contributed by atoms with van der Waals surface area (Å²) in [7, 11) is 0. The van der Waals surface area contributed by atoms with Crippen LogP contribution in [-0.2, 0) is 6.42 Å². The van der Waals surface area contributed by atoms with Crippen molar-refractivity contribution in [2.24, 2.45) is 9.98 Å². The van der Waals surface area contributed by atoms with Crippen molar-refractivity contribution < 1.29 is 0 Å². The standard InChI is InChI=1S/C35H32N6/c1-5-25-15-17-26(18-16-25)32-31-24(4)39-41(28-11-7-6-8-12-28)34(31)38-35-33(36-27-20-22(2)19-23(3)21-27)37-29-13-9-10-14-30(29)40(32)35/h6-21,32H,5H2,1-4H3,(H,36,37)/t32-/m0/s1. The molecule has 6 nitrogen and oxygen atoms in total. The lowest BCUT2D eigenvalue weighted by molar-refractivity contribution is 0.814. The van der Waals surface area contributed by atoms with E-state index in [1.165, 1.54) is 22.3 Å². The summed E-state index contributed by atoms with van der Waals surface area (Å²) < 4.78 is 1.97. The topological polar surface area (TPSA) is 57.8 Å². The first kappa shape index (κ1) is 25.0. The number of anilines is 2. The van der Waals surface area contributed by atoms with E-state index in [2.05, 4.69) is 111 Å². The Morgan fingerprint density at radius 3 is 2.22 bits per heavy atom. The Morgan fingerprint density at radius 1 is 0.780 bits per heavy atom. The summed E-state index contributed by atoms with van der Waals surface area (Å²) in [5, 5.41) is 8.68. The van der Waals surface area contributed by atoms with Gasteiger partial charge in [0.25, 0.3) is 0 Å². The van der Waals surface area contributed by atoms with Crippen LogP contribution in [0.15, 0.2) is 107 Å². The highest BCUT2D eigenvalue weighted by atomic mass is 15.4. The first-order valence-electron chi connectivity index (χ1n) is 14.2. The molecule has 1 N–H and O–H groups in total. The summed E-state index contributed by atoms with van der Waals surface area (Å²) in [6.45, 7) is 8.51. The zero-order valence-corrected chi connectivity index (χ0v) is 23.8. The predicted octanol–water partition coefficient (Wildman–Crippen LogP) is 8.16. The maximum Gasteiger partial charge on any atom is 0.179 e. The van der Waals surface area contributed by atoms with Crippen LogP contribution in [-0.4, -0.2) is 21.5 Å². The van der Waals surface area contributed by atoms with E-state index in [0.29, 0.717) is 5.84 Å². The monoisotopic (exact) mass is 536 g/mol. The zero-order chi connectivity index (χ0) is 28.1. The van der Waals surface area contributed by atoms with Crippen molar-refractivity contribution >= 4 is 34.6 Å². The van der Waals surface area contributed by atoms with E-state index in [4.69, 9.17) is 15.1 Å². The van der Waals surface area contributed by atoms with Gasteiger partial charge in [-0.15, -0.1) is 0 Å².